The lowest BCUT2D eigenvalue weighted by Gasteiger charge is -2.16. The van der Waals surface area contributed by atoms with Crippen molar-refractivity contribution in [3.05, 3.63) is 66.1 Å². The monoisotopic (exact) mass is 304 g/mol. The number of benzene rings is 1. The van der Waals surface area contributed by atoms with Crippen LogP contribution in [0.15, 0.2) is 55.0 Å². The fourth-order valence-electron chi connectivity index (χ4n) is 3.11. The van der Waals surface area contributed by atoms with Crippen LogP contribution in [-0.2, 0) is 0 Å². The second kappa shape index (κ2) is 5.69. The fraction of sp³-hybridized carbons (Fsp3) is 0.286. The van der Waals surface area contributed by atoms with Crippen molar-refractivity contribution in [2.75, 3.05) is 0 Å². The second-order valence-corrected chi connectivity index (χ2v) is 7.34. The molecule has 2 aromatic heterocycles. The summed E-state index contributed by atoms with van der Waals surface area (Å²) in [5, 5.41) is 0. The Hall–Kier alpha value is -2.35. The van der Waals surface area contributed by atoms with Gasteiger partial charge in [0.05, 0.1) is 23.7 Å². The summed E-state index contributed by atoms with van der Waals surface area (Å²) in [7, 11) is 0. The molecule has 0 radical (unpaired) electrons. The molecule has 3 rings (SSSR count). The summed E-state index contributed by atoms with van der Waals surface area (Å²) in [6.45, 7) is 11.0. The van der Waals surface area contributed by atoms with Crippen molar-refractivity contribution in [1.82, 2.24) is 9.38 Å². The molecule has 0 fully saturated rings. The maximum Gasteiger partial charge on any atom is 0.0997 e. The average molecular weight is 304 g/mol. The van der Waals surface area contributed by atoms with Gasteiger partial charge in [0.1, 0.15) is 0 Å². The van der Waals surface area contributed by atoms with Crippen LogP contribution in [-0.4, -0.2) is 9.38 Å². The van der Waals surface area contributed by atoms with E-state index in [1.165, 1.54) is 28.0 Å². The number of aryl methyl sites for hydroxylation is 1. The molecule has 1 aromatic carbocycles. The first-order valence-corrected chi connectivity index (χ1v) is 8.07. The highest BCUT2D eigenvalue weighted by molar-refractivity contribution is 5.80. The predicted octanol–water partition coefficient (Wildman–Crippen LogP) is 5.76. The third-order valence-electron chi connectivity index (χ3n) is 3.97. The third-order valence-corrected chi connectivity index (χ3v) is 3.97. The smallest absolute Gasteiger partial charge is 0.0997 e. The first-order valence-electron chi connectivity index (χ1n) is 8.07. The van der Waals surface area contributed by atoms with Gasteiger partial charge in [-0.05, 0) is 42.5 Å². The van der Waals surface area contributed by atoms with Crippen LogP contribution in [0.5, 0.6) is 0 Å². The number of hydrogen-bond donors (Lipinski definition) is 0. The molecule has 23 heavy (non-hydrogen) atoms. The Balaban J connectivity index is 2.18. The van der Waals surface area contributed by atoms with Gasteiger partial charge >= 0.3 is 0 Å². The maximum absolute atomic E-state index is 4.39. The molecule has 0 aliphatic carbocycles. The lowest BCUT2D eigenvalue weighted by Crippen LogP contribution is -2.01. The zero-order valence-corrected chi connectivity index (χ0v) is 14.6. The topological polar surface area (TPSA) is 17.3 Å². The van der Waals surface area contributed by atoms with Gasteiger partial charge in [-0.15, -0.1) is 0 Å². The van der Waals surface area contributed by atoms with E-state index in [4.69, 9.17) is 0 Å². The number of hydrogen-bond acceptors (Lipinski definition) is 1. The van der Waals surface area contributed by atoms with Gasteiger partial charge in [0.25, 0.3) is 0 Å². The molecule has 0 unspecified atom stereocenters. The highest BCUT2D eigenvalue weighted by atomic mass is 15.0. The van der Waals surface area contributed by atoms with Crippen molar-refractivity contribution < 1.29 is 0 Å². The first kappa shape index (κ1) is 15.5. The van der Waals surface area contributed by atoms with E-state index >= 15 is 0 Å². The van der Waals surface area contributed by atoms with E-state index < -0.39 is 0 Å². The lowest BCUT2D eigenvalue weighted by molar-refractivity contribution is 0.545. The minimum absolute atomic E-state index is 0.163. The molecule has 2 heteroatoms. The van der Waals surface area contributed by atoms with Gasteiger partial charge < -0.3 is 0 Å². The van der Waals surface area contributed by atoms with E-state index in [1.54, 1.807) is 0 Å². The fourth-order valence-corrected chi connectivity index (χ4v) is 3.11. The number of allylic oxidation sites excluding steroid dienone is 2. The Morgan fingerprint density at radius 1 is 1.13 bits per heavy atom. The van der Waals surface area contributed by atoms with Crippen molar-refractivity contribution in [3.63, 3.8) is 0 Å². The largest absolute Gasteiger partial charge is 0.298 e. The molecular formula is C21H24N2. The molecule has 0 spiro atoms. The van der Waals surface area contributed by atoms with Crippen molar-refractivity contribution in [1.29, 1.82) is 0 Å². The molecular weight excluding hydrogens is 280 g/mol. The van der Waals surface area contributed by atoms with Crippen molar-refractivity contribution in [3.8, 4) is 11.3 Å². The number of pyridine rings is 1. The molecule has 0 aliphatic heterocycles. The summed E-state index contributed by atoms with van der Waals surface area (Å²) < 4.78 is 2.18. The number of aromatic nitrogens is 2. The van der Waals surface area contributed by atoms with Crippen LogP contribution in [0, 0.1) is 12.3 Å². The van der Waals surface area contributed by atoms with Crippen LogP contribution in [0.1, 0.15) is 38.8 Å². The molecule has 0 amide bonds. The van der Waals surface area contributed by atoms with Crippen LogP contribution in [0.25, 0.3) is 22.3 Å². The SMILES string of the molecule is C/C(=C\C(C)(C)C)c1ccc(-c2cccc(C)c2)n2cncc12. The van der Waals surface area contributed by atoms with E-state index in [1.807, 2.05) is 12.5 Å². The number of fused-ring (bicyclic) bond motifs is 1. The molecule has 0 saturated carbocycles. The molecule has 2 heterocycles. The summed E-state index contributed by atoms with van der Waals surface area (Å²) in [4.78, 5) is 4.39. The van der Waals surface area contributed by atoms with Crippen LogP contribution in [0.4, 0.5) is 0 Å². The third kappa shape index (κ3) is 3.21. The molecule has 0 saturated heterocycles. The molecule has 3 aromatic rings. The summed E-state index contributed by atoms with van der Waals surface area (Å²) in [5.41, 5.74) is 7.51. The predicted molar refractivity (Wildman–Crippen MR) is 98.5 cm³/mol. The molecule has 0 bridgehead atoms. The van der Waals surface area contributed by atoms with Gasteiger partial charge in [-0.25, -0.2) is 4.98 Å². The van der Waals surface area contributed by atoms with Gasteiger partial charge in [-0.1, -0.05) is 56.7 Å². The summed E-state index contributed by atoms with van der Waals surface area (Å²) >= 11 is 0. The van der Waals surface area contributed by atoms with Gasteiger partial charge in [-0.3, -0.25) is 4.40 Å². The van der Waals surface area contributed by atoms with E-state index in [2.05, 4.69) is 86.5 Å². The normalized spacial score (nSPS) is 12.8. The Kier molecular flexibility index (Phi) is 3.85. The number of rotatable bonds is 2. The van der Waals surface area contributed by atoms with Gasteiger partial charge in [0, 0.05) is 5.56 Å². The zero-order chi connectivity index (χ0) is 16.6. The Bertz CT molecular complexity index is 876. The van der Waals surface area contributed by atoms with Crippen molar-refractivity contribution in [2.45, 2.75) is 34.6 Å². The van der Waals surface area contributed by atoms with E-state index in [9.17, 15) is 0 Å². The molecule has 0 aliphatic rings. The van der Waals surface area contributed by atoms with E-state index in [-0.39, 0.29) is 5.41 Å². The van der Waals surface area contributed by atoms with Crippen molar-refractivity contribution >= 4 is 11.1 Å². The lowest BCUT2D eigenvalue weighted by atomic mass is 9.91. The Morgan fingerprint density at radius 2 is 1.91 bits per heavy atom. The van der Waals surface area contributed by atoms with E-state index in [0.29, 0.717) is 0 Å². The second-order valence-electron chi connectivity index (χ2n) is 7.34. The minimum atomic E-state index is 0.163. The maximum atomic E-state index is 4.39. The quantitative estimate of drug-likeness (QED) is 0.588. The average Bonchev–Trinajstić information content (AvgIpc) is 2.93. The number of nitrogens with zero attached hydrogens (tertiary/aromatic N) is 2. The van der Waals surface area contributed by atoms with Crippen LogP contribution >= 0.6 is 0 Å². The Labute approximate surface area is 138 Å². The highest BCUT2D eigenvalue weighted by Crippen LogP contribution is 2.29. The van der Waals surface area contributed by atoms with Gasteiger partial charge in [0.2, 0.25) is 0 Å². The van der Waals surface area contributed by atoms with Crippen LogP contribution in [0.2, 0.25) is 0 Å². The standard InChI is InChI=1S/C21H24N2/c1-15-7-6-8-17(11-15)19-10-9-18(16(2)12-21(3,4)5)20-13-22-14-23(19)20/h6-14H,1-5H3/b16-12+. The molecule has 0 N–H and O–H groups in total. The molecule has 118 valence electrons. The minimum Gasteiger partial charge on any atom is -0.298 e. The number of imidazole rings is 1. The summed E-state index contributed by atoms with van der Waals surface area (Å²) in [6, 6.07) is 13.0. The van der Waals surface area contributed by atoms with E-state index in [0.717, 1.165) is 5.52 Å². The van der Waals surface area contributed by atoms with Crippen molar-refractivity contribution in [2.24, 2.45) is 5.41 Å². The van der Waals surface area contributed by atoms with Crippen LogP contribution < -0.4 is 0 Å². The summed E-state index contributed by atoms with van der Waals surface area (Å²) in [6.07, 6.45) is 6.18. The first-order chi connectivity index (χ1) is 10.8. The van der Waals surface area contributed by atoms with Crippen LogP contribution in [0.3, 0.4) is 0 Å². The Morgan fingerprint density at radius 3 is 2.61 bits per heavy atom. The molecule has 2 nitrogen and oxygen atoms in total. The molecule has 0 atom stereocenters. The zero-order valence-electron chi connectivity index (χ0n) is 14.6. The summed E-state index contributed by atoms with van der Waals surface area (Å²) in [5.74, 6) is 0. The van der Waals surface area contributed by atoms with Gasteiger partial charge in [0.15, 0.2) is 0 Å². The van der Waals surface area contributed by atoms with Gasteiger partial charge in [-0.2, -0.15) is 0 Å². The highest BCUT2D eigenvalue weighted by Gasteiger charge is 2.12.